The molecule has 4 atom stereocenters. The van der Waals surface area contributed by atoms with Gasteiger partial charge in [0.2, 0.25) is 5.91 Å². The van der Waals surface area contributed by atoms with Crippen molar-refractivity contribution in [1.29, 1.82) is 0 Å². The first-order valence-corrected chi connectivity index (χ1v) is 16.6. The monoisotopic (exact) mass is 571 g/mol. The second kappa shape index (κ2) is 12.3. The molecule has 2 aliphatic heterocycles. The minimum Gasteiger partial charge on any atom is -0.447 e. The van der Waals surface area contributed by atoms with Crippen molar-refractivity contribution in [3.8, 4) is 0 Å². The lowest BCUT2D eigenvalue weighted by Crippen LogP contribution is -2.67. The molecule has 216 valence electrons. The topological polar surface area (TPSA) is 65.1 Å². The van der Waals surface area contributed by atoms with Crippen LogP contribution in [0.2, 0.25) is 5.04 Å². The molecular formula is C34H41NO5Si. The number of amides is 2. The predicted octanol–water partition coefficient (Wildman–Crippen LogP) is 5.34. The van der Waals surface area contributed by atoms with Crippen molar-refractivity contribution in [2.75, 3.05) is 13.2 Å². The highest BCUT2D eigenvalue weighted by Gasteiger charge is 2.51. The molecule has 41 heavy (non-hydrogen) atoms. The molecule has 2 fully saturated rings. The molecule has 0 spiro atoms. The maximum absolute atomic E-state index is 13.6. The molecular weight excluding hydrogens is 530 g/mol. The molecule has 2 saturated heterocycles. The SMILES string of the molecule is C[C@H](C(=O)N1C(=O)OC[C@H]1Cc1ccccc1)[C@@H]1CC[C@@H](CO[Si](c2ccccc2)(c2ccccc2)C(C)(C)C)O1. The molecule has 2 heterocycles. The lowest BCUT2D eigenvalue weighted by atomic mass is 9.98. The van der Waals surface area contributed by atoms with Gasteiger partial charge in [-0.05, 0) is 40.2 Å². The van der Waals surface area contributed by atoms with E-state index in [0.29, 0.717) is 13.0 Å². The van der Waals surface area contributed by atoms with Crippen LogP contribution in [0.4, 0.5) is 4.79 Å². The highest BCUT2D eigenvalue weighted by atomic mass is 28.4. The molecule has 0 saturated carbocycles. The van der Waals surface area contributed by atoms with Gasteiger partial charge in [0.1, 0.15) is 6.61 Å². The van der Waals surface area contributed by atoms with Crippen molar-refractivity contribution in [2.45, 2.75) is 70.2 Å². The third-order valence-corrected chi connectivity index (χ3v) is 13.5. The normalized spacial score (nSPS) is 22.0. The van der Waals surface area contributed by atoms with Gasteiger partial charge in [0.05, 0.1) is 30.8 Å². The Labute approximate surface area is 244 Å². The fraction of sp³-hybridized carbons (Fsp3) is 0.412. The summed E-state index contributed by atoms with van der Waals surface area (Å²) in [4.78, 5) is 27.5. The highest BCUT2D eigenvalue weighted by molar-refractivity contribution is 6.99. The van der Waals surface area contributed by atoms with Crippen LogP contribution in [0.15, 0.2) is 91.0 Å². The van der Waals surface area contributed by atoms with Gasteiger partial charge in [-0.1, -0.05) is 119 Å². The second-order valence-electron chi connectivity index (χ2n) is 12.3. The van der Waals surface area contributed by atoms with Gasteiger partial charge in [-0.3, -0.25) is 4.79 Å². The van der Waals surface area contributed by atoms with Gasteiger partial charge in [-0.25, -0.2) is 9.69 Å². The Morgan fingerprint density at radius 3 is 2.05 bits per heavy atom. The van der Waals surface area contributed by atoms with E-state index >= 15 is 0 Å². The van der Waals surface area contributed by atoms with Crippen molar-refractivity contribution >= 4 is 30.7 Å². The van der Waals surface area contributed by atoms with Crippen molar-refractivity contribution in [3.63, 3.8) is 0 Å². The Kier molecular flexibility index (Phi) is 8.78. The first-order chi connectivity index (χ1) is 19.7. The van der Waals surface area contributed by atoms with Gasteiger partial charge >= 0.3 is 6.09 Å². The molecule has 0 bridgehead atoms. The van der Waals surface area contributed by atoms with Gasteiger partial charge in [0, 0.05) is 0 Å². The summed E-state index contributed by atoms with van der Waals surface area (Å²) in [7, 11) is -2.68. The molecule has 3 aromatic carbocycles. The lowest BCUT2D eigenvalue weighted by molar-refractivity contribution is -0.138. The molecule has 0 aliphatic carbocycles. The molecule has 0 unspecified atom stereocenters. The first kappa shape index (κ1) is 29.2. The first-order valence-electron chi connectivity index (χ1n) is 14.6. The number of carbonyl (C=O) groups is 2. The Bertz CT molecular complexity index is 1270. The Morgan fingerprint density at radius 2 is 1.49 bits per heavy atom. The number of nitrogens with zero attached hydrogens (tertiary/aromatic N) is 1. The molecule has 2 amide bonds. The van der Waals surface area contributed by atoms with Crippen LogP contribution < -0.4 is 10.4 Å². The van der Waals surface area contributed by atoms with E-state index in [1.807, 2.05) is 49.4 Å². The molecule has 2 aliphatic rings. The minimum atomic E-state index is -2.68. The number of cyclic esters (lactones) is 1. The summed E-state index contributed by atoms with van der Waals surface area (Å²) in [5, 5.41) is 2.34. The van der Waals surface area contributed by atoms with Crippen LogP contribution in [0, 0.1) is 5.92 Å². The van der Waals surface area contributed by atoms with Crippen LogP contribution in [0.5, 0.6) is 0 Å². The summed E-state index contributed by atoms with van der Waals surface area (Å²) >= 11 is 0. The van der Waals surface area contributed by atoms with Gasteiger partial charge < -0.3 is 13.9 Å². The highest BCUT2D eigenvalue weighted by Crippen LogP contribution is 2.38. The van der Waals surface area contributed by atoms with E-state index in [4.69, 9.17) is 13.9 Å². The van der Waals surface area contributed by atoms with Gasteiger partial charge in [-0.15, -0.1) is 0 Å². The number of carbonyl (C=O) groups excluding carboxylic acids is 2. The van der Waals surface area contributed by atoms with E-state index in [9.17, 15) is 9.59 Å². The number of rotatable bonds is 9. The van der Waals surface area contributed by atoms with Crippen molar-refractivity contribution in [3.05, 3.63) is 96.6 Å². The number of imide groups is 1. The summed E-state index contributed by atoms with van der Waals surface area (Å²) in [6.07, 6.45) is 1.16. The summed E-state index contributed by atoms with van der Waals surface area (Å²) < 4.78 is 18.9. The molecule has 0 radical (unpaired) electrons. The van der Waals surface area contributed by atoms with E-state index in [1.54, 1.807) is 0 Å². The van der Waals surface area contributed by atoms with Crippen LogP contribution in [0.25, 0.3) is 0 Å². The molecule has 0 N–H and O–H groups in total. The van der Waals surface area contributed by atoms with Crippen molar-refractivity contribution < 1.29 is 23.5 Å². The van der Waals surface area contributed by atoms with Crippen molar-refractivity contribution in [2.24, 2.45) is 5.92 Å². The lowest BCUT2D eigenvalue weighted by Gasteiger charge is -2.43. The summed E-state index contributed by atoms with van der Waals surface area (Å²) in [6.45, 7) is 9.32. The zero-order valence-corrected chi connectivity index (χ0v) is 25.5. The molecule has 3 aromatic rings. The second-order valence-corrected chi connectivity index (χ2v) is 16.6. The van der Waals surface area contributed by atoms with E-state index < -0.39 is 20.3 Å². The predicted molar refractivity (Wildman–Crippen MR) is 163 cm³/mol. The van der Waals surface area contributed by atoms with E-state index in [2.05, 4.69) is 69.3 Å². The minimum absolute atomic E-state index is 0.123. The summed E-state index contributed by atoms with van der Waals surface area (Å²) in [6, 6.07) is 30.7. The molecule has 5 rings (SSSR count). The Morgan fingerprint density at radius 1 is 0.927 bits per heavy atom. The third-order valence-electron chi connectivity index (χ3n) is 8.50. The third kappa shape index (κ3) is 6.03. The largest absolute Gasteiger partial charge is 0.447 e. The molecule has 0 aromatic heterocycles. The van der Waals surface area contributed by atoms with Gasteiger partial charge in [0.15, 0.2) is 0 Å². The molecule has 6 nitrogen and oxygen atoms in total. The Hall–Kier alpha value is -3.26. The smallest absolute Gasteiger partial charge is 0.416 e. The summed E-state index contributed by atoms with van der Waals surface area (Å²) in [5.74, 6) is -0.691. The quantitative estimate of drug-likeness (QED) is 0.325. The fourth-order valence-electron chi connectivity index (χ4n) is 6.35. The summed E-state index contributed by atoms with van der Waals surface area (Å²) in [5.41, 5.74) is 1.07. The standard InChI is InChI=1S/C34H41NO5Si/c1-25(32(36)35-27(23-38-33(35)37)22-26-14-8-5-9-15-26)31-21-20-28(40-31)24-39-41(34(2,3)4,29-16-10-6-11-17-29)30-18-12-7-13-19-30/h5-19,25,27-28,31H,20-24H2,1-4H3/t25-,27+,28-,31-/m0/s1. The average Bonchev–Trinajstić information content (AvgIpc) is 3.60. The maximum Gasteiger partial charge on any atom is 0.416 e. The number of hydrogen-bond donors (Lipinski definition) is 0. The maximum atomic E-state index is 13.6. The van der Waals surface area contributed by atoms with Crippen LogP contribution in [0.3, 0.4) is 0 Å². The number of benzene rings is 3. The van der Waals surface area contributed by atoms with Crippen LogP contribution in [0.1, 0.15) is 46.1 Å². The van der Waals surface area contributed by atoms with E-state index in [-0.39, 0.29) is 35.8 Å². The fourth-order valence-corrected chi connectivity index (χ4v) is 10.9. The van der Waals surface area contributed by atoms with Gasteiger partial charge in [0.25, 0.3) is 8.32 Å². The molecule has 7 heteroatoms. The van der Waals surface area contributed by atoms with Crippen molar-refractivity contribution in [1.82, 2.24) is 4.90 Å². The van der Waals surface area contributed by atoms with Crippen LogP contribution in [-0.2, 0) is 25.1 Å². The van der Waals surface area contributed by atoms with E-state index in [1.165, 1.54) is 15.3 Å². The van der Waals surface area contributed by atoms with Gasteiger partial charge in [-0.2, -0.15) is 0 Å². The zero-order chi connectivity index (χ0) is 29.0. The van der Waals surface area contributed by atoms with Crippen LogP contribution >= 0.6 is 0 Å². The zero-order valence-electron chi connectivity index (χ0n) is 24.5. The van der Waals surface area contributed by atoms with E-state index in [0.717, 1.165) is 18.4 Å². The van der Waals surface area contributed by atoms with Crippen LogP contribution in [-0.4, -0.2) is 56.7 Å². The number of ether oxygens (including phenoxy) is 2. The number of hydrogen-bond acceptors (Lipinski definition) is 5. The Balaban J connectivity index is 1.29. The average molecular weight is 572 g/mol.